The van der Waals surface area contributed by atoms with Gasteiger partial charge in [0, 0.05) is 6.54 Å². The molecule has 0 amide bonds. The molecule has 0 saturated heterocycles. The first kappa shape index (κ1) is 17.7. The highest BCUT2D eigenvalue weighted by molar-refractivity contribution is 7.80. The predicted molar refractivity (Wildman–Crippen MR) is 69.7 cm³/mol. The maximum Gasteiger partial charge on any atom is 0.324 e. The third-order valence-corrected chi connectivity index (χ3v) is 1.66. The van der Waals surface area contributed by atoms with Crippen LogP contribution >= 0.6 is 25.0 Å². The van der Waals surface area contributed by atoms with Crippen LogP contribution in [0.15, 0.2) is 4.99 Å². The zero-order valence-corrected chi connectivity index (χ0v) is 10.8. The largest absolute Gasteiger partial charge is 0.451 e. The molecule has 2 atom stereocenters. The van der Waals surface area contributed by atoms with Gasteiger partial charge in [0.25, 0.3) is 0 Å². The van der Waals surface area contributed by atoms with E-state index >= 15 is 0 Å². The molecule has 0 aliphatic rings. The van der Waals surface area contributed by atoms with Crippen LogP contribution in [0, 0.1) is 0 Å². The van der Waals surface area contributed by atoms with E-state index in [0.717, 1.165) is 0 Å². The summed E-state index contributed by atoms with van der Waals surface area (Å²) >= 11 is 3.91. The Bertz CT molecular complexity index is 234. The summed E-state index contributed by atoms with van der Waals surface area (Å²) in [5.41, 5.74) is 15.4. The molecular weight excluding hydrogens is 252 g/mol. The van der Waals surface area contributed by atoms with Crippen LogP contribution in [-0.2, 0) is 9.53 Å². The Kier molecular flexibility index (Phi) is 10.6. The molecule has 0 aromatic heterocycles. The minimum Gasteiger partial charge on any atom is -0.451 e. The lowest BCUT2D eigenvalue weighted by Gasteiger charge is -2.12. The second-order valence-electron chi connectivity index (χ2n) is 3.09. The van der Waals surface area contributed by atoms with Gasteiger partial charge >= 0.3 is 5.97 Å². The number of nitrogens with two attached hydrogens (primary N) is 3. The lowest BCUT2D eigenvalue weighted by Crippen LogP contribution is -2.33. The van der Waals surface area contributed by atoms with Gasteiger partial charge in [-0.3, -0.25) is 9.79 Å². The van der Waals surface area contributed by atoms with E-state index in [-0.39, 0.29) is 18.4 Å². The molecule has 0 saturated carbocycles. The van der Waals surface area contributed by atoms with Crippen LogP contribution in [0.1, 0.15) is 19.8 Å². The van der Waals surface area contributed by atoms with Crippen LogP contribution in [0.25, 0.3) is 0 Å². The summed E-state index contributed by atoms with van der Waals surface area (Å²) in [4.78, 5) is 15.0. The molecule has 0 aromatic rings. The van der Waals surface area contributed by atoms with Crippen molar-refractivity contribution in [1.82, 2.24) is 0 Å². The predicted octanol–water partition coefficient (Wildman–Crippen LogP) is -0.392. The normalized spacial score (nSPS) is 13.2. The maximum atomic E-state index is 11.2. The van der Waals surface area contributed by atoms with Crippen molar-refractivity contribution in [2.45, 2.75) is 31.2 Å². The van der Waals surface area contributed by atoms with Gasteiger partial charge in [-0.2, -0.15) is 0 Å². The number of hydrogen-bond donors (Lipinski definition) is 4. The van der Waals surface area contributed by atoms with Crippen molar-refractivity contribution in [2.24, 2.45) is 22.2 Å². The molecule has 0 bridgehead atoms. The fourth-order valence-electron chi connectivity index (χ4n) is 0.893. The highest BCUT2D eigenvalue weighted by Gasteiger charge is 2.15. The quantitative estimate of drug-likeness (QED) is 0.131. The molecule has 2 unspecified atom stereocenters. The monoisotopic (exact) mass is 270 g/mol. The topological polar surface area (TPSA) is 117 Å². The molecule has 0 aliphatic heterocycles. The van der Waals surface area contributed by atoms with E-state index in [9.17, 15) is 4.79 Å². The average molecular weight is 271 g/mol. The Labute approximate surface area is 107 Å². The Morgan fingerprint density at radius 3 is 2.50 bits per heavy atom. The number of aliphatic imine (C=N–C) groups is 1. The van der Waals surface area contributed by atoms with Gasteiger partial charge in [0.15, 0.2) is 5.96 Å². The number of esters is 1. The average Bonchev–Trinajstić information content (AvgIpc) is 2.10. The number of thiol groups is 1. The molecule has 0 radical (unpaired) electrons. The number of carbonyl (C=O) groups is 1. The highest BCUT2D eigenvalue weighted by atomic mass is 35.5. The van der Waals surface area contributed by atoms with Crippen molar-refractivity contribution in [3.63, 3.8) is 0 Å². The number of rotatable bonds is 6. The number of ether oxygens (including phenoxy) is 1. The van der Waals surface area contributed by atoms with Crippen LogP contribution < -0.4 is 17.2 Å². The smallest absolute Gasteiger partial charge is 0.324 e. The first-order chi connectivity index (χ1) is 6.93. The van der Waals surface area contributed by atoms with Crippen LogP contribution in [0.5, 0.6) is 0 Å². The third-order valence-electron chi connectivity index (χ3n) is 1.56. The van der Waals surface area contributed by atoms with E-state index in [1.807, 2.05) is 0 Å². The van der Waals surface area contributed by atoms with Gasteiger partial charge in [-0.05, 0) is 19.8 Å². The van der Waals surface area contributed by atoms with Gasteiger partial charge in [-0.25, -0.2) is 0 Å². The molecular formula is C8H19ClN4O2S. The van der Waals surface area contributed by atoms with E-state index in [1.165, 1.54) is 0 Å². The highest BCUT2D eigenvalue weighted by Crippen LogP contribution is 2.02. The van der Waals surface area contributed by atoms with Crippen LogP contribution in [0.3, 0.4) is 0 Å². The molecule has 0 aromatic carbocycles. The summed E-state index contributed by atoms with van der Waals surface area (Å²) in [5, 5.41) is 0. The zero-order valence-electron chi connectivity index (χ0n) is 9.13. The Balaban J connectivity index is 0. The Hall–Kier alpha value is -0.660. The Morgan fingerprint density at radius 2 is 2.06 bits per heavy atom. The first-order valence-corrected chi connectivity index (χ1v) is 5.14. The molecule has 0 spiro atoms. The summed E-state index contributed by atoms with van der Waals surface area (Å²) in [6, 6.07) is -0.645. The van der Waals surface area contributed by atoms with Crippen molar-refractivity contribution in [3.05, 3.63) is 0 Å². The van der Waals surface area contributed by atoms with Crippen molar-refractivity contribution in [1.29, 1.82) is 0 Å². The minimum absolute atomic E-state index is 0. The number of hydrogen-bond acceptors (Lipinski definition) is 5. The van der Waals surface area contributed by atoms with E-state index in [1.54, 1.807) is 6.92 Å². The maximum absolute atomic E-state index is 11.2. The molecule has 8 heteroatoms. The first-order valence-electron chi connectivity index (χ1n) is 4.63. The number of carbonyl (C=O) groups excluding carboxylic acids is 1. The van der Waals surface area contributed by atoms with Crippen molar-refractivity contribution in [2.75, 3.05) is 6.54 Å². The fourth-order valence-corrected chi connectivity index (χ4v) is 0.997. The minimum atomic E-state index is -0.645. The standard InChI is InChI=1S/C8H18N4O2S.ClH/c1-5(15)14-7(13)6(9)3-2-4-12-8(10)11;/h5-6,15H,2-4,9H2,1H3,(H4,10,11,12);1H. The molecule has 96 valence electrons. The van der Waals surface area contributed by atoms with Crippen molar-refractivity contribution >= 4 is 37.0 Å². The number of halogens is 1. The number of guanidine groups is 1. The van der Waals surface area contributed by atoms with Crippen LogP contribution in [0.2, 0.25) is 0 Å². The second-order valence-corrected chi connectivity index (χ2v) is 3.82. The van der Waals surface area contributed by atoms with E-state index in [2.05, 4.69) is 17.6 Å². The van der Waals surface area contributed by atoms with Crippen LogP contribution in [0.4, 0.5) is 0 Å². The summed E-state index contributed by atoms with van der Waals surface area (Å²) in [6.45, 7) is 2.10. The van der Waals surface area contributed by atoms with E-state index in [0.29, 0.717) is 19.4 Å². The zero-order chi connectivity index (χ0) is 11.8. The van der Waals surface area contributed by atoms with Gasteiger partial charge in [0.1, 0.15) is 11.5 Å². The summed E-state index contributed by atoms with van der Waals surface area (Å²) in [6.07, 6.45) is 1.12. The Morgan fingerprint density at radius 1 is 1.50 bits per heavy atom. The third kappa shape index (κ3) is 9.88. The lowest BCUT2D eigenvalue weighted by atomic mass is 10.2. The molecule has 16 heavy (non-hydrogen) atoms. The summed E-state index contributed by atoms with van der Waals surface area (Å²) in [5.74, 6) is -0.419. The van der Waals surface area contributed by atoms with E-state index in [4.69, 9.17) is 21.9 Å². The van der Waals surface area contributed by atoms with Gasteiger partial charge in [-0.1, -0.05) is 0 Å². The van der Waals surface area contributed by atoms with E-state index < -0.39 is 17.4 Å². The molecule has 0 heterocycles. The summed E-state index contributed by atoms with van der Waals surface area (Å²) in [7, 11) is 0. The molecule has 0 rings (SSSR count). The molecule has 0 aliphatic carbocycles. The van der Waals surface area contributed by atoms with Crippen molar-refractivity contribution < 1.29 is 9.53 Å². The van der Waals surface area contributed by atoms with Crippen molar-refractivity contribution in [3.8, 4) is 0 Å². The second kappa shape index (κ2) is 9.56. The van der Waals surface area contributed by atoms with Gasteiger partial charge in [0.05, 0.1) is 0 Å². The van der Waals surface area contributed by atoms with Gasteiger partial charge in [-0.15, -0.1) is 25.0 Å². The molecule has 6 nitrogen and oxygen atoms in total. The molecule has 6 N–H and O–H groups in total. The SMILES string of the molecule is CC(S)OC(=O)C(N)CCCN=C(N)N.Cl. The van der Waals surface area contributed by atoms with Gasteiger partial charge in [0.2, 0.25) is 0 Å². The fraction of sp³-hybridized carbons (Fsp3) is 0.750. The lowest BCUT2D eigenvalue weighted by molar-refractivity contribution is -0.146. The van der Waals surface area contributed by atoms with Crippen LogP contribution in [-0.4, -0.2) is 30.0 Å². The van der Waals surface area contributed by atoms with Gasteiger partial charge < -0.3 is 21.9 Å². The summed E-state index contributed by atoms with van der Waals surface area (Å²) < 4.78 is 4.81. The number of nitrogens with zero attached hydrogens (tertiary/aromatic N) is 1. The molecule has 0 fully saturated rings.